The molecule has 0 aliphatic carbocycles. The lowest BCUT2D eigenvalue weighted by Crippen LogP contribution is -2.58. The fourth-order valence-electron chi connectivity index (χ4n) is 3.58. The molecule has 1 heterocycles. The summed E-state index contributed by atoms with van der Waals surface area (Å²) in [6.45, 7) is 3.17. The van der Waals surface area contributed by atoms with E-state index in [-0.39, 0.29) is 24.0 Å². The van der Waals surface area contributed by atoms with Crippen LogP contribution in [0.3, 0.4) is 0 Å². The molecule has 4 unspecified atom stereocenters. The number of nitrogens with zero attached hydrogens (tertiary/aromatic N) is 1. The number of rotatable bonds is 10. The van der Waals surface area contributed by atoms with Gasteiger partial charge in [0.1, 0.15) is 23.9 Å². The second-order valence-electron chi connectivity index (χ2n) is 8.47. The summed E-state index contributed by atoms with van der Waals surface area (Å²) >= 11 is 0. The zero-order valence-corrected chi connectivity index (χ0v) is 18.7. The first kappa shape index (κ1) is 26.1. The number of aliphatic hydroxyl groups excluding tert-OH is 1. The molecule has 1 aromatic rings. The fraction of sp³-hybridized carbons (Fsp3) is 0.545. The Hall–Kier alpha value is -3.18. The number of hydrogen-bond donors (Lipinski definition) is 6. The molecule has 0 saturated carbocycles. The van der Waals surface area contributed by atoms with E-state index in [0.29, 0.717) is 24.9 Å². The Morgan fingerprint density at radius 3 is 2.30 bits per heavy atom. The van der Waals surface area contributed by atoms with Gasteiger partial charge < -0.3 is 36.6 Å². The second kappa shape index (κ2) is 11.6. The van der Waals surface area contributed by atoms with E-state index in [1.54, 1.807) is 12.1 Å². The first-order valence-corrected chi connectivity index (χ1v) is 10.8. The van der Waals surface area contributed by atoms with Crippen LogP contribution in [0.2, 0.25) is 0 Å². The molecule has 2 rings (SSSR count). The van der Waals surface area contributed by atoms with Gasteiger partial charge in [0.2, 0.25) is 17.7 Å². The van der Waals surface area contributed by atoms with E-state index < -0.39 is 48.6 Å². The molecule has 7 N–H and O–H groups in total. The normalized spacial score (nSPS) is 18.5. The van der Waals surface area contributed by atoms with Crippen LogP contribution in [-0.2, 0) is 25.6 Å². The van der Waals surface area contributed by atoms with Gasteiger partial charge >= 0.3 is 5.97 Å². The molecule has 182 valence electrons. The van der Waals surface area contributed by atoms with Gasteiger partial charge in [-0.3, -0.25) is 14.4 Å². The van der Waals surface area contributed by atoms with E-state index in [0.717, 1.165) is 0 Å². The average Bonchev–Trinajstić information content (AvgIpc) is 3.27. The number of likely N-dealkylation sites (tertiary alicyclic amines) is 1. The first-order valence-electron chi connectivity index (χ1n) is 10.8. The minimum Gasteiger partial charge on any atom is -0.508 e. The summed E-state index contributed by atoms with van der Waals surface area (Å²) in [6, 6.07) is 1.71. The van der Waals surface area contributed by atoms with Gasteiger partial charge in [-0.25, -0.2) is 4.79 Å². The largest absolute Gasteiger partial charge is 0.508 e. The minimum atomic E-state index is -1.54. The number of carbonyl (C=O) groups excluding carboxylic acids is 3. The molecule has 1 saturated heterocycles. The predicted octanol–water partition coefficient (Wildman–Crippen LogP) is -1.04. The third kappa shape index (κ3) is 6.90. The van der Waals surface area contributed by atoms with Crippen LogP contribution in [0.1, 0.15) is 32.3 Å². The minimum absolute atomic E-state index is 0.00178. The number of carboxylic acid groups (broad SMARTS) is 1. The van der Waals surface area contributed by atoms with Crippen molar-refractivity contribution in [2.75, 3.05) is 13.2 Å². The maximum atomic E-state index is 13.1. The lowest BCUT2D eigenvalue weighted by atomic mass is 10.0. The standard InChI is InChI=1S/C22H32N4O7/c1-12(2)18(23)21(31)26-9-3-4-17(26)20(30)24-15(10-13-5-7-14(28)8-6-13)19(29)25-16(11-27)22(32)33/h5-8,12,15-18,27-28H,3-4,9-11,23H2,1-2H3,(H,24,30)(H,25,29)(H,32,33). The van der Waals surface area contributed by atoms with Crippen molar-refractivity contribution >= 4 is 23.7 Å². The van der Waals surface area contributed by atoms with Gasteiger partial charge in [-0.1, -0.05) is 26.0 Å². The number of aliphatic hydroxyl groups is 1. The van der Waals surface area contributed by atoms with Gasteiger partial charge in [-0.15, -0.1) is 0 Å². The van der Waals surface area contributed by atoms with E-state index in [9.17, 15) is 29.4 Å². The molecule has 1 aliphatic heterocycles. The quantitative estimate of drug-likeness (QED) is 0.254. The summed E-state index contributed by atoms with van der Waals surface area (Å²) < 4.78 is 0. The van der Waals surface area contributed by atoms with Crippen LogP contribution in [0.15, 0.2) is 24.3 Å². The van der Waals surface area contributed by atoms with Crippen LogP contribution in [0, 0.1) is 5.92 Å². The molecule has 0 spiro atoms. The highest BCUT2D eigenvalue weighted by Gasteiger charge is 2.38. The number of carbonyl (C=O) groups is 4. The number of hydrogen-bond acceptors (Lipinski definition) is 7. The molecule has 11 nitrogen and oxygen atoms in total. The number of phenols is 1. The van der Waals surface area contributed by atoms with Gasteiger partial charge in [0.05, 0.1) is 12.6 Å². The number of aliphatic carboxylic acids is 1. The number of benzene rings is 1. The fourth-order valence-corrected chi connectivity index (χ4v) is 3.58. The maximum absolute atomic E-state index is 13.1. The smallest absolute Gasteiger partial charge is 0.328 e. The predicted molar refractivity (Wildman–Crippen MR) is 118 cm³/mol. The van der Waals surface area contributed by atoms with Gasteiger partial charge in [0, 0.05) is 13.0 Å². The third-order valence-corrected chi connectivity index (χ3v) is 5.65. The molecule has 11 heteroatoms. The van der Waals surface area contributed by atoms with Crippen molar-refractivity contribution in [3.05, 3.63) is 29.8 Å². The molecular formula is C22H32N4O7. The number of amides is 3. The Morgan fingerprint density at radius 2 is 1.76 bits per heavy atom. The van der Waals surface area contributed by atoms with E-state index in [1.807, 2.05) is 13.8 Å². The summed E-state index contributed by atoms with van der Waals surface area (Å²) in [7, 11) is 0. The van der Waals surface area contributed by atoms with Crippen LogP contribution in [-0.4, -0.2) is 81.2 Å². The molecule has 0 aromatic heterocycles. The van der Waals surface area contributed by atoms with Gasteiger partial charge in [0.15, 0.2) is 0 Å². The van der Waals surface area contributed by atoms with E-state index >= 15 is 0 Å². The van der Waals surface area contributed by atoms with Crippen molar-refractivity contribution in [2.45, 2.75) is 57.3 Å². The zero-order valence-electron chi connectivity index (χ0n) is 18.7. The number of aromatic hydroxyl groups is 1. The molecule has 33 heavy (non-hydrogen) atoms. The van der Waals surface area contributed by atoms with E-state index in [2.05, 4.69) is 10.6 Å². The Kier molecular flexibility index (Phi) is 9.18. The summed E-state index contributed by atoms with van der Waals surface area (Å²) in [5.41, 5.74) is 6.58. The summed E-state index contributed by atoms with van der Waals surface area (Å²) in [5, 5.41) is 32.7. The number of nitrogens with two attached hydrogens (primary N) is 1. The molecule has 1 fully saturated rings. The zero-order chi connectivity index (χ0) is 24.7. The van der Waals surface area contributed by atoms with Crippen LogP contribution >= 0.6 is 0 Å². The van der Waals surface area contributed by atoms with Crippen molar-refractivity contribution in [2.24, 2.45) is 11.7 Å². The highest BCUT2D eigenvalue weighted by Crippen LogP contribution is 2.20. The molecular weight excluding hydrogens is 432 g/mol. The molecule has 1 aliphatic rings. The molecule has 4 atom stereocenters. The van der Waals surface area contributed by atoms with Gasteiger partial charge in [-0.05, 0) is 36.5 Å². The molecule has 0 bridgehead atoms. The van der Waals surface area contributed by atoms with Crippen LogP contribution in [0.25, 0.3) is 0 Å². The Balaban J connectivity index is 2.20. The van der Waals surface area contributed by atoms with E-state index in [1.165, 1.54) is 17.0 Å². The third-order valence-electron chi connectivity index (χ3n) is 5.65. The Labute approximate surface area is 191 Å². The lowest BCUT2D eigenvalue weighted by molar-refractivity contribution is -0.144. The summed E-state index contributed by atoms with van der Waals surface area (Å²) in [4.78, 5) is 51.2. The second-order valence-corrected chi connectivity index (χ2v) is 8.47. The topological polar surface area (TPSA) is 182 Å². The van der Waals surface area contributed by atoms with Crippen molar-refractivity contribution < 1.29 is 34.5 Å². The number of phenolic OH excluding ortho intramolecular Hbond substituents is 1. The first-order chi connectivity index (χ1) is 15.5. The van der Waals surface area contributed by atoms with E-state index in [4.69, 9.17) is 10.8 Å². The van der Waals surface area contributed by atoms with Crippen LogP contribution in [0.4, 0.5) is 0 Å². The summed E-state index contributed by atoms with van der Waals surface area (Å²) in [5.74, 6) is -3.19. The van der Waals surface area contributed by atoms with Crippen molar-refractivity contribution in [1.29, 1.82) is 0 Å². The summed E-state index contributed by atoms with van der Waals surface area (Å²) in [6.07, 6.45) is 1.02. The number of nitrogens with one attached hydrogen (secondary N) is 2. The van der Waals surface area contributed by atoms with Crippen LogP contribution in [0.5, 0.6) is 5.75 Å². The van der Waals surface area contributed by atoms with Crippen molar-refractivity contribution in [3.63, 3.8) is 0 Å². The average molecular weight is 465 g/mol. The monoisotopic (exact) mass is 464 g/mol. The highest BCUT2D eigenvalue weighted by atomic mass is 16.4. The van der Waals surface area contributed by atoms with Gasteiger partial charge in [-0.2, -0.15) is 0 Å². The van der Waals surface area contributed by atoms with Crippen molar-refractivity contribution in [1.82, 2.24) is 15.5 Å². The SMILES string of the molecule is CC(C)C(N)C(=O)N1CCCC1C(=O)NC(Cc1ccc(O)cc1)C(=O)NC(CO)C(=O)O. The lowest BCUT2D eigenvalue weighted by Gasteiger charge is -2.29. The Morgan fingerprint density at radius 1 is 1.12 bits per heavy atom. The van der Waals surface area contributed by atoms with Gasteiger partial charge in [0.25, 0.3) is 0 Å². The van der Waals surface area contributed by atoms with Crippen LogP contribution < -0.4 is 16.4 Å². The number of carboxylic acids is 1. The highest BCUT2D eigenvalue weighted by molar-refractivity contribution is 5.94. The molecule has 3 amide bonds. The van der Waals surface area contributed by atoms with Crippen molar-refractivity contribution in [3.8, 4) is 5.75 Å². The Bertz CT molecular complexity index is 859. The maximum Gasteiger partial charge on any atom is 0.328 e. The molecule has 1 aromatic carbocycles. The molecule has 0 radical (unpaired) electrons.